The summed E-state index contributed by atoms with van der Waals surface area (Å²) in [7, 11) is -1.83. The Labute approximate surface area is 135 Å². The molecule has 0 aliphatic carbocycles. The van der Waals surface area contributed by atoms with Crippen LogP contribution in [0.5, 0.6) is 5.88 Å². The van der Waals surface area contributed by atoms with Crippen molar-refractivity contribution in [3.63, 3.8) is 0 Å². The number of aryl methyl sites for hydroxylation is 2. The predicted molar refractivity (Wildman–Crippen MR) is 82.4 cm³/mol. The summed E-state index contributed by atoms with van der Waals surface area (Å²) < 4.78 is 34.3. The highest BCUT2D eigenvalue weighted by Gasteiger charge is 2.33. The van der Waals surface area contributed by atoms with Crippen LogP contribution in [0.1, 0.15) is 18.7 Å². The normalized spacial score (nSPS) is 19.7. The van der Waals surface area contributed by atoms with Crippen LogP contribution in [-0.4, -0.2) is 51.7 Å². The minimum Gasteiger partial charge on any atom is -0.472 e. The molecule has 0 N–H and O–H groups in total. The van der Waals surface area contributed by atoms with Crippen molar-refractivity contribution in [2.24, 2.45) is 7.05 Å². The van der Waals surface area contributed by atoms with Crippen molar-refractivity contribution in [1.29, 1.82) is 0 Å². The summed E-state index contributed by atoms with van der Waals surface area (Å²) in [5, 5.41) is 7.72. The highest BCUT2D eigenvalue weighted by Crippen LogP contribution is 2.22. The lowest BCUT2D eigenvalue weighted by Crippen LogP contribution is -2.44. The van der Waals surface area contributed by atoms with Gasteiger partial charge in [0.2, 0.25) is 5.88 Å². The number of hydrogen-bond acceptors (Lipinski definition) is 6. The third kappa shape index (κ3) is 3.35. The summed E-state index contributed by atoms with van der Waals surface area (Å²) in [4.78, 5) is 4.14. The maximum Gasteiger partial charge on any atom is 0.262 e. The van der Waals surface area contributed by atoms with E-state index in [4.69, 9.17) is 4.74 Å². The number of rotatable bonds is 4. The van der Waals surface area contributed by atoms with E-state index in [0.717, 1.165) is 12.8 Å². The highest BCUT2D eigenvalue weighted by molar-refractivity contribution is 7.89. The van der Waals surface area contributed by atoms with E-state index in [-0.39, 0.29) is 17.7 Å². The Morgan fingerprint density at radius 1 is 1.39 bits per heavy atom. The summed E-state index contributed by atoms with van der Waals surface area (Å²) in [6.07, 6.45) is 4.38. The first-order valence-corrected chi connectivity index (χ1v) is 8.85. The van der Waals surface area contributed by atoms with Crippen LogP contribution in [0.3, 0.4) is 0 Å². The first kappa shape index (κ1) is 15.9. The van der Waals surface area contributed by atoms with Crippen molar-refractivity contribution in [2.45, 2.75) is 30.9 Å². The lowest BCUT2D eigenvalue weighted by Gasteiger charge is -2.31. The van der Waals surface area contributed by atoms with E-state index in [9.17, 15) is 8.42 Å². The molecule has 1 aliphatic rings. The third-order valence-electron chi connectivity index (χ3n) is 3.87. The molecule has 0 amide bonds. The van der Waals surface area contributed by atoms with Gasteiger partial charge in [0.1, 0.15) is 11.9 Å². The number of sulfonamides is 1. The Morgan fingerprint density at radius 3 is 2.87 bits per heavy atom. The van der Waals surface area contributed by atoms with Gasteiger partial charge in [-0.15, -0.1) is 5.10 Å². The van der Waals surface area contributed by atoms with Crippen molar-refractivity contribution in [1.82, 2.24) is 24.1 Å². The van der Waals surface area contributed by atoms with Gasteiger partial charge in [-0.3, -0.25) is 0 Å². The molecule has 0 spiro atoms. The van der Waals surface area contributed by atoms with Crippen LogP contribution in [0, 0.1) is 6.92 Å². The van der Waals surface area contributed by atoms with Crippen molar-refractivity contribution in [3.8, 4) is 5.88 Å². The molecule has 1 saturated heterocycles. The Balaban J connectivity index is 1.75. The minimum absolute atomic E-state index is 0.0812. The van der Waals surface area contributed by atoms with E-state index >= 15 is 0 Å². The molecule has 23 heavy (non-hydrogen) atoms. The molecule has 124 valence electrons. The van der Waals surface area contributed by atoms with Crippen LogP contribution >= 0.6 is 0 Å². The van der Waals surface area contributed by atoms with Gasteiger partial charge < -0.3 is 9.30 Å². The molecule has 2 aromatic heterocycles. The van der Waals surface area contributed by atoms with E-state index in [0.29, 0.717) is 18.2 Å². The Morgan fingerprint density at radius 2 is 2.22 bits per heavy atom. The van der Waals surface area contributed by atoms with Crippen LogP contribution in [0.15, 0.2) is 29.6 Å². The maximum absolute atomic E-state index is 12.7. The Bertz CT molecular complexity index is 755. The smallest absolute Gasteiger partial charge is 0.262 e. The van der Waals surface area contributed by atoms with E-state index in [1.54, 1.807) is 36.9 Å². The molecule has 1 atom stereocenters. The maximum atomic E-state index is 12.7. The van der Waals surface area contributed by atoms with Crippen molar-refractivity contribution >= 4 is 10.0 Å². The van der Waals surface area contributed by atoms with Gasteiger partial charge in [-0.2, -0.15) is 9.40 Å². The number of ether oxygens (including phenoxy) is 1. The fourth-order valence-corrected chi connectivity index (χ4v) is 4.06. The first-order chi connectivity index (χ1) is 11.0. The summed E-state index contributed by atoms with van der Waals surface area (Å²) in [5.74, 6) is 1.07. The fourth-order valence-electron chi connectivity index (χ4n) is 2.52. The quantitative estimate of drug-likeness (QED) is 0.818. The van der Waals surface area contributed by atoms with Crippen LogP contribution in [0.4, 0.5) is 0 Å². The molecular formula is C14H19N5O3S. The van der Waals surface area contributed by atoms with E-state index in [2.05, 4.69) is 15.2 Å². The van der Waals surface area contributed by atoms with Crippen LogP contribution in [-0.2, 0) is 17.1 Å². The van der Waals surface area contributed by atoms with Gasteiger partial charge in [0.05, 0.1) is 6.54 Å². The topological polar surface area (TPSA) is 90.2 Å². The molecule has 3 rings (SSSR count). The van der Waals surface area contributed by atoms with E-state index in [1.165, 1.54) is 10.5 Å². The molecule has 0 bridgehead atoms. The van der Waals surface area contributed by atoms with Crippen LogP contribution in [0.2, 0.25) is 0 Å². The molecule has 1 fully saturated rings. The summed E-state index contributed by atoms with van der Waals surface area (Å²) in [6.45, 7) is 2.53. The molecule has 0 saturated carbocycles. The van der Waals surface area contributed by atoms with Gasteiger partial charge >= 0.3 is 0 Å². The van der Waals surface area contributed by atoms with Crippen molar-refractivity contribution in [3.05, 3.63) is 30.4 Å². The number of hydrogen-bond donors (Lipinski definition) is 0. The number of nitrogens with zero attached hydrogens (tertiary/aromatic N) is 5. The number of imidazole rings is 1. The highest BCUT2D eigenvalue weighted by atomic mass is 32.2. The predicted octanol–water partition coefficient (Wildman–Crippen LogP) is 0.751. The zero-order valence-corrected chi connectivity index (χ0v) is 13.9. The zero-order chi connectivity index (χ0) is 16.4. The SMILES string of the molecule is Cc1nc(S(=O)(=O)N2CCC[C@H](Oc3cccnn3)C2)cn1C. The largest absolute Gasteiger partial charge is 0.472 e. The molecule has 0 aromatic carbocycles. The molecular weight excluding hydrogens is 318 g/mol. The molecule has 2 aromatic rings. The second-order valence-electron chi connectivity index (χ2n) is 5.54. The Kier molecular flexibility index (Phi) is 4.31. The Hall–Kier alpha value is -2.00. The van der Waals surface area contributed by atoms with Crippen molar-refractivity contribution < 1.29 is 13.2 Å². The van der Waals surface area contributed by atoms with Crippen LogP contribution < -0.4 is 4.74 Å². The van der Waals surface area contributed by atoms with Crippen molar-refractivity contribution in [2.75, 3.05) is 13.1 Å². The minimum atomic E-state index is -3.60. The van der Waals surface area contributed by atoms with E-state index < -0.39 is 10.0 Å². The second kappa shape index (κ2) is 6.25. The lowest BCUT2D eigenvalue weighted by atomic mass is 10.1. The second-order valence-corrected chi connectivity index (χ2v) is 7.43. The number of piperidine rings is 1. The molecule has 9 heteroatoms. The summed E-state index contributed by atoms with van der Waals surface area (Å²) in [5.41, 5.74) is 0. The summed E-state index contributed by atoms with van der Waals surface area (Å²) >= 11 is 0. The standard InChI is InChI=1S/C14H19N5O3S/c1-11-16-14(10-18(11)2)23(20,21)19-8-4-5-12(9-19)22-13-6-3-7-15-17-13/h3,6-7,10,12H,4-5,8-9H2,1-2H3/t12-/m0/s1. The van der Waals surface area contributed by atoms with Gasteiger partial charge in [-0.05, 0) is 25.8 Å². The summed E-state index contributed by atoms with van der Waals surface area (Å²) in [6, 6.07) is 3.44. The van der Waals surface area contributed by atoms with Gasteiger partial charge in [0.25, 0.3) is 10.0 Å². The molecule has 0 unspecified atom stereocenters. The number of aromatic nitrogens is 4. The third-order valence-corrected chi connectivity index (χ3v) is 5.60. The molecule has 8 nitrogen and oxygen atoms in total. The molecule has 1 aliphatic heterocycles. The average molecular weight is 337 g/mol. The molecule has 0 radical (unpaired) electrons. The lowest BCUT2D eigenvalue weighted by molar-refractivity contribution is 0.123. The average Bonchev–Trinajstić information content (AvgIpc) is 2.89. The monoisotopic (exact) mass is 337 g/mol. The molecule has 3 heterocycles. The van der Waals surface area contributed by atoms with Gasteiger partial charge in [-0.1, -0.05) is 0 Å². The van der Waals surface area contributed by atoms with Gasteiger partial charge in [-0.25, -0.2) is 13.4 Å². The van der Waals surface area contributed by atoms with Crippen LogP contribution in [0.25, 0.3) is 0 Å². The van der Waals surface area contributed by atoms with Gasteiger partial charge in [0, 0.05) is 32.1 Å². The zero-order valence-electron chi connectivity index (χ0n) is 13.1. The fraction of sp³-hybridized carbons (Fsp3) is 0.500. The van der Waals surface area contributed by atoms with E-state index in [1.807, 2.05) is 0 Å². The van der Waals surface area contributed by atoms with Gasteiger partial charge in [0.15, 0.2) is 5.03 Å². The first-order valence-electron chi connectivity index (χ1n) is 7.41.